The van der Waals surface area contributed by atoms with Crippen LogP contribution in [0.2, 0.25) is 0 Å². The first-order valence-corrected chi connectivity index (χ1v) is 5.28. The molecule has 13 heavy (non-hydrogen) atoms. The highest BCUT2D eigenvalue weighted by Crippen LogP contribution is 2.26. The van der Waals surface area contributed by atoms with Crippen LogP contribution in [0.5, 0.6) is 0 Å². The minimum absolute atomic E-state index is 0.451. The summed E-state index contributed by atoms with van der Waals surface area (Å²) in [6.07, 6.45) is 0.872. The van der Waals surface area contributed by atoms with E-state index in [1.54, 1.807) is 0 Å². The highest BCUT2D eigenvalue weighted by Gasteiger charge is 2.14. The van der Waals surface area contributed by atoms with Crippen molar-refractivity contribution in [3.8, 4) is 0 Å². The van der Waals surface area contributed by atoms with Gasteiger partial charge in [-0.1, -0.05) is 13.8 Å². The van der Waals surface area contributed by atoms with Crippen LogP contribution in [0, 0.1) is 0 Å². The molecule has 0 aliphatic heterocycles. The van der Waals surface area contributed by atoms with Gasteiger partial charge in [0, 0.05) is 13.5 Å². The van der Waals surface area contributed by atoms with Crippen molar-refractivity contribution in [3.05, 3.63) is 15.9 Å². The fraction of sp³-hybridized carbons (Fsp3) is 0.667. The van der Waals surface area contributed by atoms with Crippen LogP contribution < -0.4 is 5.73 Å². The molecule has 4 heteroatoms. The van der Waals surface area contributed by atoms with Crippen LogP contribution >= 0.6 is 15.9 Å². The van der Waals surface area contributed by atoms with E-state index in [2.05, 4.69) is 34.9 Å². The smallest absolute Gasteiger partial charge is 0.0794 e. The third-order valence-corrected chi connectivity index (χ3v) is 2.92. The summed E-state index contributed by atoms with van der Waals surface area (Å²) >= 11 is 3.56. The van der Waals surface area contributed by atoms with Crippen molar-refractivity contribution in [2.45, 2.75) is 26.2 Å². The SMILES string of the molecule is CC(C)c1nn(C)c(CCN)c1Br. The van der Waals surface area contributed by atoms with Crippen molar-refractivity contribution in [2.75, 3.05) is 6.54 Å². The summed E-state index contributed by atoms with van der Waals surface area (Å²) in [5.41, 5.74) is 7.82. The molecule has 0 radical (unpaired) electrons. The molecule has 0 bridgehead atoms. The fourth-order valence-corrected chi connectivity index (χ4v) is 2.32. The molecule has 1 heterocycles. The number of hydrogen-bond donors (Lipinski definition) is 1. The van der Waals surface area contributed by atoms with E-state index in [1.807, 2.05) is 11.7 Å². The topological polar surface area (TPSA) is 43.8 Å². The van der Waals surface area contributed by atoms with Crippen LogP contribution in [0.15, 0.2) is 4.47 Å². The van der Waals surface area contributed by atoms with Crippen molar-refractivity contribution in [2.24, 2.45) is 12.8 Å². The van der Waals surface area contributed by atoms with E-state index in [1.165, 1.54) is 5.69 Å². The maximum absolute atomic E-state index is 5.52. The van der Waals surface area contributed by atoms with Gasteiger partial charge in [-0.2, -0.15) is 5.10 Å². The second-order valence-corrected chi connectivity index (χ2v) is 4.26. The first-order valence-electron chi connectivity index (χ1n) is 4.49. The summed E-state index contributed by atoms with van der Waals surface area (Å²) in [6, 6.07) is 0. The quantitative estimate of drug-likeness (QED) is 0.883. The third kappa shape index (κ3) is 2.11. The van der Waals surface area contributed by atoms with E-state index < -0.39 is 0 Å². The lowest BCUT2D eigenvalue weighted by atomic mass is 10.1. The summed E-state index contributed by atoms with van der Waals surface area (Å²) in [5, 5.41) is 4.44. The lowest BCUT2D eigenvalue weighted by Gasteiger charge is -2.00. The summed E-state index contributed by atoms with van der Waals surface area (Å²) in [7, 11) is 1.96. The average Bonchev–Trinajstić information content (AvgIpc) is 2.32. The van der Waals surface area contributed by atoms with Gasteiger partial charge in [0.2, 0.25) is 0 Å². The summed E-state index contributed by atoms with van der Waals surface area (Å²) in [5.74, 6) is 0.451. The zero-order valence-electron chi connectivity index (χ0n) is 8.34. The Bertz CT molecular complexity index is 291. The summed E-state index contributed by atoms with van der Waals surface area (Å²) in [4.78, 5) is 0. The highest BCUT2D eigenvalue weighted by atomic mass is 79.9. The third-order valence-electron chi connectivity index (χ3n) is 2.05. The molecule has 1 aromatic rings. The van der Waals surface area contributed by atoms with Gasteiger partial charge in [-0.25, -0.2) is 0 Å². The van der Waals surface area contributed by atoms with Gasteiger partial charge in [0.15, 0.2) is 0 Å². The van der Waals surface area contributed by atoms with Gasteiger partial charge in [0.05, 0.1) is 15.9 Å². The van der Waals surface area contributed by atoms with Gasteiger partial charge in [-0.3, -0.25) is 4.68 Å². The maximum Gasteiger partial charge on any atom is 0.0794 e. The Balaban J connectivity index is 3.07. The van der Waals surface area contributed by atoms with E-state index >= 15 is 0 Å². The van der Waals surface area contributed by atoms with Crippen LogP contribution in [0.1, 0.15) is 31.2 Å². The Morgan fingerprint density at radius 2 is 2.15 bits per heavy atom. The van der Waals surface area contributed by atoms with Gasteiger partial charge >= 0.3 is 0 Å². The Morgan fingerprint density at radius 1 is 1.54 bits per heavy atom. The van der Waals surface area contributed by atoms with Gasteiger partial charge in [0.25, 0.3) is 0 Å². The standard InChI is InChI=1S/C9H16BrN3/c1-6(2)9-8(10)7(4-5-11)13(3)12-9/h6H,4-5,11H2,1-3H3. The molecule has 74 valence electrons. The Kier molecular flexibility index (Phi) is 3.50. The second kappa shape index (κ2) is 4.24. The lowest BCUT2D eigenvalue weighted by Crippen LogP contribution is -2.07. The van der Waals surface area contributed by atoms with E-state index in [0.29, 0.717) is 12.5 Å². The number of nitrogens with two attached hydrogens (primary N) is 1. The largest absolute Gasteiger partial charge is 0.330 e. The number of rotatable bonds is 3. The van der Waals surface area contributed by atoms with Crippen LogP contribution in [0.4, 0.5) is 0 Å². The number of halogens is 1. The van der Waals surface area contributed by atoms with Gasteiger partial charge in [-0.15, -0.1) is 0 Å². The van der Waals surface area contributed by atoms with E-state index in [9.17, 15) is 0 Å². The minimum atomic E-state index is 0.451. The maximum atomic E-state index is 5.52. The van der Waals surface area contributed by atoms with Gasteiger partial charge < -0.3 is 5.73 Å². The summed E-state index contributed by atoms with van der Waals surface area (Å²) < 4.78 is 3.03. The Labute approximate surface area is 87.4 Å². The molecule has 2 N–H and O–H groups in total. The molecular formula is C9H16BrN3. The molecule has 0 fully saturated rings. The van der Waals surface area contributed by atoms with Crippen LogP contribution in [0.25, 0.3) is 0 Å². The summed E-state index contributed by atoms with van der Waals surface area (Å²) in [6.45, 7) is 4.94. The van der Waals surface area contributed by atoms with E-state index in [-0.39, 0.29) is 0 Å². The minimum Gasteiger partial charge on any atom is -0.330 e. The van der Waals surface area contributed by atoms with E-state index in [0.717, 1.165) is 16.6 Å². The van der Waals surface area contributed by atoms with Crippen molar-refractivity contribution in [1.82, 2.24) is 9.78 Å². The number of aryl methyl sites for hydroxylation is 1. The zero-order chi connectivity index (χ0) is 10.0. The van der Waals surface area contributed by atoms with Gasteiger partial charge in [-0.05, 0) is 28.4 Å². The molecule has 0 amide bonds. The highest BCUT2D eigenvalue weighted by molar-refractivity contribution is 9.10. The van der Waals surface area contributed by atoms with Crippen LogP contribution in [-0.4, -0.2) is 16.3 Å². The average molecular weight is 246 g/mol. The van der Waals surface area contributed by atoms with Gasteiger partial charge in [0.1, 0.15) is 0 Å². The zero-order valence-corrected chi connectivity index (χ0v) is 9.93. The molecule has 1 aromatic heterocycles. The fourth-order valence-electron chi connectivity index (χ4n) is 1.33. The normalized spacial score (nSPS) is 11.2. The van der Waals surface area contributed by atoms with Crippen LogP contribution in [0.3, 0.4) is 0 Å². The molecule has 0 spiro atoms. The molecule has 0 saturated carbocycles. The second-order valence-electron chi connectivity index (χ2n) is 3.46. The molecular weight excluding hydrogens is 230 g/mol. The van der Waals surface area contributed by atoms with Crippen molar-refractivity contribution >= 4 is 15.9 Å². The van der Waals surface area contributed by atoms with Crippen LogP contribution in [-0.2, 0) is 13.5 Å². The molecule has 0 atom stereocenters. The first kappa shape index (κ1) is 10.7. The lowest BCUT2D eigenvalue weighted by molar-refractivity contribution is 0.679. The monoisotopic (exact) mass is 245 g/mol. The predicted molar refractivity (Wildman–Crippen MR) is 57.8 cm³/mol. The molecule has 0 aliphatic carbocycles. The molecule has 0 aliphatic rings. The molecule has 0 saturated heterocycles. The molecule has 0 unspecified atom stereocenters. The van der Waals surface area contributed by atoms with Crippen molar-refractivity contribution in [3.63, 3.8) is 0 Å². The molecule has 3 nitrogen and oxygen atoms in total. The predicted octanol–water partition coefficient (Wildman–Crippen LogP) is 1.81. The van der Waals surface area contributed by atoms with Crippen molar-refractivity contribution in [1.29, 1.82) is 0 Å². The first-order chi connectivity index (χ1) is 6.07. The molecule has 0 aromatic carbocycles. The van der Waals surface area contributed by atoms with E-state index in [4.69, 9.17) is 5.73 Å². The Hall–Kier alpha value is -0.350. The number of aromatic nitrogens is 2. The molecule has 1 rings (SSSR count). The number of nitrogens with zero attached hydrogens (tertiary/aromatic N) is 2. The Morgan fingerprint density at radius 3 is 2.54 bits per heavy atom. The number of hydrogen-bond acceptors (Lipinski definition) is 2. The van der Waals surface area contributed by atoms with Crippen molar-refractivity contribution < 1.29 is 0 Å².